The van der Waals surface area contributed by atoms with Crippen LogP contribution in [0.4, 0.5) is 10.1 Å². The SMILES string of the molecule is CC(C)(C)C[C@@H]1N[C@@H](C(=O)Nc2ccc(C(=O)O)cc2)[C@H](c2cccc(Cl)c2F)[C@@]1(N)c1ccc(Cl)cn1. The second kappa shape index (κ2) is 10.6. The van der Waals surface area contributed by atoms with Crippen LogP contribution in [0.1, 0.15) is 54.7 Å². The van der Waals surface area contributed by atoms with Crippen molar-refractivity contribution in [2.24, 2.45) is 11.1 Å². The summed E-state index contributed by atoms with van der Waals surface area (Å²) in [6, 6.07) is 12.3. The van der Waals surface area contributed by atoms with Crippen molar-refractivity contribution in [2.75, 3.05) is 5.32 Å². The zero-order chi connectivity index (χ0) is 27.8. The van der Waals surface area contributed by atoms with Crippen molar-refractivity contribution in [3.63, 3.8) is 0 Å². The van der Waals surface area contributed by atoms with Gasteiger partial charge in [0.2, 0.25) is 5.91 Å². The molecule has 10 heteroatoms. The maximum atomic E-state index is 15.6. The lowest BCUT2D eigenvalue weighted by Crippen LogP contribution is -2.52. The lowest BCUT2D eigenvalue weighted by molar-refractivity contribution is -0.118. The smallest absolute Gasteiger partial charge is 0.335 e. The van der Waals surface area contributed by atoms with Crippen LogP contribution in [0.25, 0.3) is 0 Å². The first-order valence-corrected chi connectivity index (χ1v) is 12.8. The number of carboxylic acid groups (broad SMARTS) is 1. The molecule has 1 saturated heterocycles. The number of hydrogen-bond acceptors (Lipinski definition) is 5. The monoisotopic (exact) mass is 558 g/mol. The molecule has 200 valence electrons. The summed E-state index contributed by atoms with van der Waals surface area (Å²) in [5.74, 6) is -3.10. The van der Waals surface area contributed by atoms with Crippen LogP contribution in [0.3, 0.4) is 0 Å². The van der Waals surface area contributed by atoms with Crippen LogP contribution in [0, 0.1) is 11.2 Å². The molecule has 0 unspecified atom stereocenters. The van der Waals surface area contributed by atoms with Crippen LogP contribution in [0.2, 0.25) is 10.0 Å². The van der Waals surface area contributed by atoms with E-state index in [2.05, 4.69) is 36.4 Å². The highest BCUT2D eigenvalue weighted by Gasteiger charge is 2.58. The molecule has 2 heterocycles. The molecule has 1 amide bonds. The molecule has 5 N–H and O–H groups in total. The van der Waals surface area contributed by atoms with E-state index in [4.69, 9.17) is 28.9 Å². The number of benzene rings is 2. The normalized spacial score (nSPS) is 23.3. The third-order valence-electron chi connectivity index (χ3n) is 6.79. The lowest BCUT2D eigenvalue weighted by Gasteiger charge is -2.38. The minimum atomic E-state index is -1.32. The van der Waals surface area contributed by atoms with Gasteiger partial charge < -0.3 is 21.5 Å². The van der Waals surface area contributed by atoms with Gasteiger partial charge >= 0.3 is 5.97 Å². The molecule has 1 aliphatic rings. The Kier molecular flexibility index (Phi) is 7.81. The quantitative estimate of drug-likeness (QED) is 0.313. The van der Waals surface area contributed by atoms with E-state index in [1.165, 1.54) is 36.5 Å². The standard InChI is InChI=1S/C28H29Cl2FN4O3/c1-27(2,3)13-21-28(32,20-12-9-16(29)14-33-20)22(18-5-4-6-19(30)23(18)31)24(35-21)25(36)34-17-10-7-15(8-11-17)26(37)38/h4-12,14,21-22,24,35H,13,32H2,1-3H3,(H,34,36)(H,37,38)/t21-,22-,24+,28+/m0/s1. The van der Waals surface area contributed by atoms with E-state index in [0.29, 0.717) is 22.8 Å². The topological polar surface area (TPSA) is 117 Å². The maximum absolute atomic E-state index is 15.6. The van der Waals surface area contributed by atoms with Gasteiger partial charge in [0.15, 0.2) is 0 Å². The van der Waals surface area contributed by atoms with E-state index in [0.717, 1.165) is 0 Å². The number of aromatic nitrogens is 1. The zero-order valence-electron chi connectivity index (χ0n) is 21.1. The Morgan fingerprint density at radius 1 is 1.13 bits per heavy atom. The Morgan fingerprint density at radius 3 is 2.39 bits per heavy atom. The van der Waals surface area contributed by atoms with Gasteiger partial charge in [-0.05, 0) is 59.9 Å². The number of amides is 1. The van der Waals surface area contributed by atoms with E-state index in [1.807, 2.05) is 0 Å². The average Bonchev–Trinajstić information content (AvgIpc) is 3.13. The van der Waals surface area contributed by atoms with Crippen molar-refractivity contribution in [1.82, 2.24) is 10.3 Å². The molecular formula is C28H29Cl2FN4O3. The molecule has 1 fully saturated rings. The fourth-order valence-electron chi connectivity index (χ4n) is 5.09. The average molecular weight is 559 g/mol. The highest BCUT2D eigenvalue weighted by Crippen LogP contribution is 2.48. The van der Waals surface area contributed by atoms with Gasteiger partial charge in [-0.15, -0.1) is 0 Å². The minimum absolute atomic E-state index is 0.0842. The van der Waals surface area contributed by atoms with Crippen LogP contribution in [-0.2, 0) is 10.3 Å². The summed E-state index contributed by atoms with van der Waals surface area (Å²) in [5, 5.41) is 15.7. The molecule has 1 aromatic heterocycles. The van der Waals surface area contributed by atoms with Crippen molar-refractivity contribution in [3.8, 4) is 0 Å². The number of pyridine rings is 1. The van der Waals surface area contributed by atoms with Crippen LogP contribution >= 0.6 is 23.2 Å². The molecule has 4 rings (SSSR count). The Morgan fingerprint density at radius 2 is 1.82 bits per heavy atom. The van der Waals surface area contributed by atoms with Crippen LogP contribution in [0.5, 0.6) is 0 Å². The van der Waals surface area contributed by atoms with Crippen LogP contribution in [-0.4, -0.2) is 34.1 Å². The Hall–Kier alpha value is -3.04. The number of carbonyl (C=O) groups is 2. The molecule has 0 bridgehead atoms. The Labute approximate surface area is 230 Å². The number of carbonyl (C=O) groups excluding carboxylic acids is 1. The molecule has 0 radical (unpaired) electrons. The number of carboxylic acids is 1. The predicted octanol–water partition coefficient (Wildman–Crippen LogP) is 5.58. The van der Waals surface area contributed by atoms with E-state index < -0.39 is 41.2 Å². The highest BCUT2D eigenvalue weighted by atomic mass is 35.5. The van der Waals surface area contributed by atoms with Crippen molar-refractivity contribution >= 4 is 40.8 Å². The third kappa shape index (κ3) is 5.54. The minimum Gasteiger partial charge on any atom is -0.478 e. The molecule has 2 aromatic carbocycles. The fourth-order valence-corrected chi connectivity index (χ4v) is 5.39. The molecule has 38 heavy (non-hydrogen) atoms. The lowest BCUT2D eigenvalue weighted by atomic mass is 9.70. The second-order valence-electron chi connectivity index (χ2n) is 10.7. The van der Waals surface area contributed by atoms with Crippen molar-refractivity contribution in [1.29, 1.82) is 0 Å². The summed E-state index contributed by atoms with van der Waals surface area (Å²) in [6.07, 6.45) is 2.02. The zero-order valence-corrected chi connectivity index (χ0v) is 22.6. The third-order valence-corrected chi connectivity index (χ3v) is 7.31. The van der Waals surface area contributed by atoms with Crippen molar-refractivity contribution in [2.45, 2.75) is 50.7 Å². The summed E-state index contributed by atoms with van der Waals surface area (Å²) in [6.45, 7) is 6.16. The molecule has 0 saturated carbocycles. The number of halogens is 3. The molecule has 4 atom stereocenters. The summed E-state index contributed by atoms with van der Waals surface area (Å²) >= 11 is 12.3. The van der Waals surface area contributed by atoms with Gasteiger partial charge in [0.25, 0.3) is 0 Å². The van der Waals surface area contributed by atoms with Gasteiger partial charge in [-0.25, -0.2) is 9.18 Å². The largest absolute Gasteiger partial charge is 0.478 e. The number of nitrogens with two attached hydrogens (primary N) is 1. The molecular weight excluding hydrogens is 530 g/mol. The number of nitrogens with zero attached hydrogens (tertiary/aromatic N) is 1. The van der Waals surface area contributed by atoms with Crippen molar-refractivity contribution in [3.05, 3.63) is 93.5 Å². The van der Waals surface area contributed by atoms with E-state index in [1.54, 1.807) is 24.3 Å². The van der Waals surface area contributed by atoms with Gasteiger partial charge in [0, 0.05) is 23.8 Å². The molecule has 0 aliphatic carbocycles. The summed E-state index contributed by atoms with van der Waals surface area (Å²) in [7, 11) is 0. The van der Waals surface area contributed by atoms with E-state index >= 15 is 4.39 Å². The number of hydrogen-bond donors (Lipinski definition) is 4. The van der Waals surface area contributed by atoms with Gasteiger partial charge in [-0.1, -0.05) is 56.1 Å². The van der Waals surface area contributed by atoms with Gasteiger partial charge in [-0.2, -0.15) is 0 Å². The first-order chi connectivity index (χ1) is 17.8. The fraction of sp³-hybridized carbons (Fsp3) is 0.321. The molecule has 3 aromatic rings. The number of aromatic carboxylic acids is 1. The highest BCUT2D eigenvalue weighted by molar-refractivity contribution is 6.31. The first-order valence-electron chi connectivity index (χ1n) is 12.1. The first kappa shape index (κ1) is 28.0. The number of anilines is 1. The summed E-state index contributed by atoms with van der Waals surface area (Å²) < 4.78 is 15.6. The van der Waals surface area contributed by atoms with E-state index in [-0.39, 0.29) is 21.6 Å². The molecule has 0 spiro atoms. The number of nitrogens with one attached hydrogen (secondary N) is 2. The molecule has 7 nitrogen and oxygen atoms in total. The molecule has 1 aliphatic heterocycles. The summed E-state index contributed by atoms with van der Waals surface area (Å²) in [4.78, 5) is 29.5. The predicted molar refractivity (Wildman–Crippen MR) is 146 cm³/mol. The van der Waals surface area contributed by atoms with E-state index in [9.17, 15) is 14.7 Å². The van der Waals surface area contributed by atoms with Gasteiger partial charge in [0.1, 0.15) is 5.82 Å². The van der Waals surface area contributed by atoms with Gasteiger partial charge in [0.05, 0.1) is 32.9 Å². The number of rotatable bonds is 6. The van der Waals surface area contributed by atoms with Crippen molar-refractivity contribution < 1.29 is 19.1 Å². The second-order valence-corrected chi connectivity index (χ2v) is 11.6. The summed E-state index contributed by atoms with van der Waals surface area (Å²) in [5.41, 5.74) is 6.81. The van der Waals surface area contributed by atoms with Crippen LogP contribution in [0.15, 0.2) is 60.8 Å². The van der Waals surface area contributed by atoms with Gasteiger partial charge in [-0.3, -0.25) is 9.78 Å². The van der Waals surface area contributed by atoms with Crippen LogP contribution < -0.4 is 16.4 Å². The Balaban J connectivity index is 1.84. The maximum Gasteiger partial charge on any atom is 0.335 e. The Bertz CT molecular complexity index is 1350.